The second-order valence-corrected chi connectivity index (χ2v) is 17.6. The minimum absolute atomic E-state index is 0.163. The maximum atomic E-state index is 13.0. The van der Waals surface area contributed by atoms with E-state index < -0.39 is 49.5 Å². The van der Waals surface area contributed by atoms with E-state index >= 15 is 0 Å². The van der Waals surface area contributed by atoms with Crippen LogP contribution in [0.1, 0.15) is 239 Å². The Morgan fingerprint density at radius 1 is 0.569 bits per heavy atom. The van der Waals surface area contributed by atoms with Gasteiger partial charge < -0.3 is 40.3 Å². The number of ether oxygens (including phenoxy) is 2. The Balaban J connectivity index is 2.25. The van der Waals surface area contributed by atoms with Crippen LogP contribution in [-0.4, -0.2) is 87.5 Å². The number of hydrogen-bond donors (Lipinski definition) is 6. The molecule has 7 atom stereocenters. The van der Waals surface area contributed by atoms with E-state index in [4.69, 9.17) is 9.47 Å². The van der Waals surface area contributed by atoms with Gasteiger partial charge in [0.15, 0.2) is 6.29 Å². The van der Waals surface area contributed by atoms with Gasteiger partial charge in [0.1, 0.15) is 24.4 Å². The summed E-state index contributed by atoms with van der Waals surface area (Å²) in [5, 5.41) is 54.3. The molecule has 0 saturated carbocycles. The Morgan fingerprint density at radius 3 is 1.38 bits per heavy atom. The summed E-state index contributed by atoms with van der Waals surface area (Å²) < 4.78 is 11.2. The number of rotatable bonds is 42. The minimum atomic E-state index is -1.56. The van der Waals surface area contributed by atoms with Gasteiger partial charge in [-0.2, -0.15) is 0 Å². The van der Waals surface area contributed by atoms with Crippen molar-refractivity contribution < 1.29 is 39.8 Å². The van der Waals surface area contributed by atoms with E-state index in [0.717, 1.165) is 32.1 Å². The third-order valence-corrected chi connectivity index (χ3v) is 12.1. The molecule has 0 spiro atoms. The Hall–Kier alpha value is -1.07. The van der Waals surface area contributed by atoms with Crippen molar-refractivity contribution in [3.63, 3.8) is 0 Å². The zero-order valence-electron chi connectivity index (χ0n) is 37.8. The average molecular weight is 826 g/mol. The molecule has 58 heavy (non-hydrogen) atoms. The molecule has 2 unspecified atom stereocenters. The van der Waals surface area contributed by atoms with Gasteiger partial charge in [-0.25, -0.2) is 0 Å². The standard InChI is InChI=1S/C49H95NO8/c1-3-5-7-9-11-13-15-17-18-19-20-21-22-23-24-25-27-29-31-33-35-37-39-45(53)50-42(41-57-49-48(56)47(55)46(54)44(40-51)58-49)43(52)38-36-34-32-30-28-26-16-14-12-10-8-6-4-2/h34,36,42-44,46-49,51-52,54-56H,3-33,35,37-41H2,1-2H3,(H,50,53)/t42-,43+,44+,46+,47?,48?,49+/m0/s1. The summed E-state index contributed by atoms with van der Waals surface area (Å²) in [6.07, 6.45) is 39.6. The van der Waals surface area contributed by atoms with E-state index in [-0.39, 0.29) is 12.5 Å². The van der Waals surface area contributed by atoms with E-state index in [0.29, 0.717) is 12.8 Å². The Bertz CT molecular complexity index is 919. The van der Waals surface area contributed by atoms with E-state index in [9.17, 15) is 30.3 Å². The Morgan fingerprint density at radius 2 is 0.966 bits per heavy atom. The highest BCUT2D eigenvalue weighted by Crippen LogP contribution is 2.23. The van der Waals surface area contributed by atoms with Gasteiger partial charge in [0.05, 0.1) is 25.4 Å². The van der Waals surface area contributed by atoms with Crippen molar-refractivity contribution in [3.8, 4) is 0 Å². The summed E-state index contributed by atoms with van der Waals surface area (Å²) in [5.41, 5.74) is 0. The van der Waals surface area contributed by atoms with Gasteiger partial charge in [0.2, 0.25) is 5.91 Å². The molecular formula is C49H95NO8. The largest absolute Gasteiger partial charge is 0.394 e. The van der Waals surface area contributed by atoms with Crippen LogP contribution in [0.5, 0.6) is 0 Å². The van der Waals surface area contributed by atoms with Crippen LogP contribution < -0.4 is 5.32 Å². The van der Waals surface area contributed by atoms with Gasteiger partial charge in [-0.15, -0.1) is 0 Å². The second-order valence-electron chi connectivity index (χ2n) is 17.6. The maximum absolute atomic E-state index is 13.0. The Labute approximate surface area is 356 Å². The van der Waals surface area contributed by atoms with E-state index in [1.807, 2.05) is 6.08 Å². The summed E-state index contributed by atoms with van der Waals surface area (Å²) >= 11 is 0. The van der Waals surface area contributed by atoms with Gasteiger partial charge in [-0.05, 0) is 25.7 Å². The molecule has 0 aliphatic carbocycles. The van der Waals surface area contributed by atoms with Crippen LogP contribution in [0.3, 0.4) is 0 Å². The summed E-state index contributed by atoms with van der Waals surface area (Å²) in [4.78, 5) is 13.0. The van der Waals surface area contributed by atoms with Crippen molar-refractivity contribution in [2.45, 2.75) is 281 Å². The molecule has 9 heteroatoms. The molecule has 1 rings (SSSR count). The molecule has 0 bridgehead atoms. The fraction of sp³-hybridized carbons (Fsp3) is 0.939. The van der Waals surface area contributed by atoms with Gasteiger partial charge in [-0.3, -0.25) is 4.79 Å². The van der Waals surface area contributed by atoms with Gasteiger partial charge in [0.25, 0.3) is 0 Å². The summed E-state index contributed by atoms with van der Waals surface area (Å²) in [6, 6.07) is -0.762. The molecule has 1 aliphatic rings. The van der Waals surface area contributed by atoms with Crippen molar-refractivity contribution in [2.75, 3.05) is 13.2 Å². The summed E-state index contributed by atoms with van der Waals surface area (Å²) in [5.74, 6) is -0.163. The maximum Gasteiger partial charge on any atom is 0.220 e. The van der Waals surface area contributed by atoms with E-state index in [1.54, 1.807) is 0 Å². The number of amides is 1. The number of unbranched alkanes of at least 4 members (excludes halogenated alkanes) is 31. The van der Waals surface area contributed by atoms with Gasteiger partial charge in [0, 0.05) is 6.42 Å². The number of hydrogen-bond acceptors (Lipinski definition) is 8. The lowest BCUT2D eigenvalue weighted by molar-refractivity contribution is -0.302. The molecule has 0 aromatic heterocycles. The monoisotopic (exact) mass is 826 g/mol. The van der Waals surface area contributed by atoms with E-state index in [1.165, 1.54) is 180 Å². The SMILES string of the molecule is CCCCCCCCCCCCC=CC[C@@H](O)[C@H](CO[C@@H]1O[C@H](CO)[C@@H](O)C(O)C1O)NC(=O)CCCCCCCCCCCCCCCCCCCCCCCC. The van der Waals surface area contributed by atoms with Crippen molar-refractivity contribution >= 4 is 5.91 Å². The molecular weight excluding hydrogens is 731 g/mol. The summed E-state index contributed by atoms with van der Waals surface area (Å²) in [7, 11) is 0. The lowest BCUT2D eigenvalue weighted by Gasteiger charge is -2.40. The van der Waals surface area contributed by atoms with Crippen LogP contribution in [-0.2, 0) is 14.3 Å². The predicted octanol–water partition coefficient (Wildman–Crippen LogP) is 10.9. The van der Waals surface area contributed by atoms with Crippen molar-refractivity contribution in [3.05, 3.63) is 12.2 Å². The van der Waals surface area contributed by atoms with Crippen LogP contribution in [0.25, 0.3) is 0 Å². The van der Waals surface area contributed by atoms with Crippen molar-refractivity contribution in [1.82, 2.24) is 5.32 Å². The van der Waals surface area contributed by atoms with E-state index in [2.05, 4.69) is 25.2 Å². The average Bonchev–Trinajstić information content (AvgIpc) is 3.22. The predicted molar refractivity (Wildman–Crippen MR) is 240 cm³/mol. The zero-order valence-corrected chi connectivity index (χ0v) is 37.8. The quantitative estimate of drug-likeness (QED) is 0.0263. The first kappa shape index (κ1) is 54.9. The molecule has 6 N–H and O–H groups in total. The topological polar surface area (TPSA) is 149 Å². The van der Waals surface area contributed by atoms with Crippen LogP contribution in [0.2, 0.25) is 0 Å². The fourth-order valence-corrected chi connectivity index (χ4v) is 8.09. The molecule has 0 radical (unpaired) electrons. The molecule has 344 valence electrons. The van der Waals surface area contributed by atoms with Crippen LogP contribution in [0, 0.1) is 0 Å². The Kier molecular flexibility index (Phi) is 37.9. The zero-order chi connectivity index (χ0) is 42.3. The highest BCUT2D eigenvalue weighted by atomic mass is 16.7. The summed E-state index contributed by atoms with van der Waals surface area (Å²) in [6.45, 7) is 3.81. The number of allylic oxidation sites excluding steroid dienone is 1. The molecule has 1 saturated heterocycles. The lowest BCUT2D eigenvalue weighted by atomic mass is 9.99. The minimum Gasteiger partial charge on any atom is -0.394 e. The molecule has 0 aromatic rings. The number of nitrogens with one attached hydrogen (secondary N) is 1. The molecule has 9 nitrogen and oxygen atoms in total. The van der Waals surface area contributed by atoms with Crippen LogP contribution in [0.4, 0.5) is 0 Å². The normalized spacial score (nSPS) is 20.8. The highest BCUT2D eigenvalue weighted by Gasteiger charge is 2.44. The molecule has 0 aromatic carbocycles. The number of carbonyl (C=O) groups is 1. The van der Waals surface area contributed by atoms with Gasteiger partial charge >= 0.3 is 0 Å². The smallest absolute Gasteiger partial charge is 0.220 e. The van der Waals surface area contributed by atoms with Crippen LogP contribution >= 0.6 is 0 Å². The third-order valence-electron chi connectivity index (χ3n) is 12.1. The first-order valence-corrected chi connectivity index (χ1v) is 24.9. The molecule has 1 fully saturated rings. The first-order chi connectivity index (χ1) is 28.3. The van der Waals surface area contributed by atoms with Crippen molar-refractivity contribution in [1.29, 1.82) is 0 Å². The molecule has 1 amide bonds. The first-order valence-electron chi connectivity index (χ1n) is 24.9. The van der Waals surface area contributed by atoms with Crippen molar-refractivity contribution in [2.24, 2.45) is 0 Å². The lowest BCUT2D eigenvalue weighted by Crippen LogP contribution is -2.60. The highest BCUT2D eigenvalue weighted by molar-refractivity contribution is 5.76. The van der Waals surface area contributed by atoms with Gasteiger partial charge in [-0.1, -0.05) is 219 Å². The van der Waals surface area contributed by atoms with Crippen LogP contribution in [0.15, 0.2) is 12.2 Å². The number of aliphatic hydroxyl groups excluding tert-OH is 5. The molecule has 1 aliphatic heterocycles. The molecule has 1 heterocycles. The number of carbonyl (C=O) groups excluding carboxylic acids is 1. The number of aliphatic hydroxyl groups is 5. The second kappa shape index (κ2) is 40.0. The third kappa shape index (κ3) is 30.0. The fourth-order valence-electron chi connectivity index (χ4n) is 8.09.